The second-order valence-electron chi connectivity index (χ2n) is 10.9. The Bertz CT molecular complexity index is 1280. The molecule has 2 aromatic carbocycles. The zero-order chi connectivity index (χ0) is 28.9. The Hall–Kier alpha value is -3.81. The van der Waals surface area contributed by atoms with E-state index in [9.17, 15) is 4.79 Å². The summed E-state index contributed by atoms with van der Waals surface area (Å²) in [4.78, 5) is 13.3. The van der Waals surface area contributed by atoms with E-state index in [0.29, 0.717) is 50.8 Å². The standard InChI is InChI=1S/C35H38O7/c1-3-37-19-29-21-39-31-15-13-27(17-33(31)41-29)23-5-9-25(10-6-23)35(36)26-11-7-24(8-12-26)28-14-16-32-34(18-28)42-30(22-40-32)20-38-4-2/h5-16,27-30H,3-4,17-22H2,1-2H3. The third-order valence-electron chi connectivity index (χ3n) is 8.01. The molecule has 0 saturated heterocycles. The fraction of sp³-hybridized carbons (Fsp3) is 0.400. The number of carbonyl (C=O) groups excluding carboxylic acids is 1. The number of hydrogen-bond acceptors (Lipinski definition) is 7. The molecule has 0 spiro atoms. The Morgan fingerprint density at radius 2 is 1.12 bits per heavy atom. The molecule has 2 heterocycles. The minimum Gasteiger partial charge on any atom is -0.486 e. The van der Waals surface area contributed by atoms with Crippen LogP contribution in [0.3, 0.4) is 0 Å². The Morgan fingerprint density at radius 1 is 0.690 bits per heavy atom. The maximum Gasteiger partial charge on any atom is 0.193 e. The summed E-state index contributed by atoms with van der Waals surface area (Å²) in [5.74, 6) is 3.68. The van der Waals surface area contributed by atoms with Crippen LogP contribution in [0, 0.1) is 0 Å². The molecule has 7 nitrogen and oxygen atoms in total. The van der Waals surface area contributed by atoms with Crippen molar-refractivity contribution in [2.45, 2.75) is 50.7 Å². The normalized spacial score (nSPS) is 24.6. The topological polar surface area (TPSA) is 72.5 Å². The molecule has 220 valence electrons. The summed E-state index contributed by atoms with van der Waals surface area (Å²) in [6.45, 7) is 7.30. The van der Waals surface area contributed by atoms with Crippen LogP contribution in [0.15, 0.2) is 95.9 Å². The Morgan fingerprint density at radius 3 is 1.52 bits per heavy atom. The van der Waals surface area contributed by atoms with Gasteiger partial charge in [-0.05, 0) is 37.1 Å². The van der Waals surface area contributed by atoms with Gasteiger partial charge >= 0.3 is 0 Å². The van der Waals surface area contributed by atoms with E-state index in [1.54, 1.807) is 0 Å². The first-order chi connectivity index (χ1) is 20.6. The molecule has 0 bridgehead atoms. The highest BCUT2D eigenvalue weighted by Gasteiger charge is 2.29. The van der Waals surface area contributed by atoms with Crippen LogP contribution in [0.2, 0.25) is 0 Å². The van der Waals surface area contributed by atoms with Crippen molar-refractivity contribution in [3.8, 4) is 0 Å². The molecule has 2 aromatic rings. The second kappa shape index (κ2) is 13.0. The fourth-order valence-electron chi connectivity index (χ4n) is 5.69. The number of allylic oxidation sites excluding steroid dienone is 6. The van der Waals surface area contributed by atoms with Crippen molar-refractivity contribution in [1.82, 2.24) is 0 Å². The lowest BCUT2D eigenvalue weighted by molar-refractivity contribution is -0.0492. The van der Waals surface area contributed by atoms with Crippen molar-refractivity contribution in [3.05, 3.63) is 118 Å². The van der Waals surface area contributed by atoms with Crippen LogP contribution in [-0.4, -0.2) is 57.6 Å². The highest BCUT2D eigenvalue weighted by atomic mass is 16.6. The smallest absolute Gasteiger partial charge is 0.193 e. The van der Waals surface area contributed by atoms with Crippen molar-refractivity contribution >= 4 is 5.78 Å². The molecule has 0 aromatic heterocycles. The Kier molecular flexibility index (Phi) is 8.77. The highest BCUT2D eigenvalue weighted by Crippen LogP contribution is 2.37. The number of carbonyl (C=O) groups is 1. The molecule has 0 amide bonds. The van der Waals surface area contributed by atoms with Gasteiger partial charge in [0, 0.05) is 49.0 Å². The van der Waals surface area contributed by atoms with Gasteiger partial charge in [-0.2, -0.15) is 0 Å². The largest absolute Gasteiger partial charge is 0.486 e. The monoisotopic (exact) mass is 570 g/mol. The average molecular weight is 571 g/mol. The summed E-state index contributed by atoms with van der Waals surface area (Å²) in [7, 11) is 0. The molecule has 2 aliphatic heterocycles. The summed E-state index contributed by atoms with van der Waals surface area (Å²) in [5, 5.41) is 0. The van der Waals surface area contributed by atoms with E-state index in [4.69, 9.17) is 28.4 Å². The molecule has 4 atom stereocenters. The van der Waals surface area contributed by atoms with E-state index >= 15 is 0 Å². The first kappa shape index (κ1) is 28.3. The third kappa shape index (κ3) is 6.32. The van der Waals surface area contributed by atoms with Gasteiger partial charge in [-0.25, -0.2) is 0 Å². The SMILES string of the molecule is CCOCC1COC2=C(CC(c3ccc(C(=O)c4ccc(C5C=CC6=C(C5)OC(COCC)CO6)cc4)cc3)C=C2)O1. The van der Waals surface area contributed by atoms with Crippen LogP contribution >= 0.6 is 0 Å². The maximum atomic E-state index is 13.3. The number of ether oxygens (including phenoxy) is 6. The number of hydrogen-bond donors (Lipinski definition) is 0. The fourth-order valence-corrected chi connectivity index (χ4v) is 5.69. The summed E-state index contributed by atoms with van der Waals surface area (Å²) >= 11 is 0. The predicted molar refractivity (Wildman–Crippen MR) is 158 cm³/mol. The highest BCUT2D eigenvalue weighted by molar-refractivity contribution is 6.09. The Labute approximate surface area is 247 Å². The molecule has 2 aliphatic carbocycles. The van der Waals surface area contributed by atoms with Gasteiger partial charge in [0.2, 0.25) is 0 Å². The number of benzene rings is 2. The maximum absolute atomic E-state index is 13.3. The van der Waals surface area contributed by atoms with Gasteiger partial charge in [0.15, 0.2) is 29.5 Å². The molecule has 42 heavy (non-hydrogen) atoms. The molecule has 4 aliphatic rings. The zero-order valence-electron chi connectivity index (χ0n) is 24.3. The summed E-state index contributed by atoms with van der Waals surface area (Å²) in [6.07, 6.45) is 9.55. The Balaban J connectivity index is 1.06. The van der Waals surface area contributed by atoms with Crippen LogP contribution in [0.25, 0.3) is 0 Å². The van der Waals surface area contributed by atoms with Crippen molar-refractivity contribution in [1.29, 1.82) is 0 Å². The molecule has 7 heteroatoms. The van der Waals surface area contributed by atoms with E-state index in [-0.39, 0.29) is 29.8 Å². The van der Waals surface area contributed by atoms with E-state index in [1.165, 1.54) is 0 Å². The lowest BCUT2D eigenvalue weighted by Crippen LogP contribution is -2.31. The summed E-state index contributed by atoms with van der Waals surface area (Å²) < 4.78 is 35.1. The van der Waals surface area contributed by atoms with Crippen molar-refractivity contribution in [3.63, 3.8) is 0 Å². The zero-order valence-corrected chi connectivity index (χ0v) is 24.3. The first-order valence-corrected chi connectivity index (χ1v) is 14.9. The average Bonchev–Trinajstić information content (AvgIpc) is 3.05. The van der Waals surface area contributed by atoms with Gasteiger partial charge in [0.25, 0.3) is 0 Å². The van der Waals surface area contributed by atoms with Crippen LogP contribution < -0.4 is 0 Å². The van der Waals surface area contributed by atoms with Crippen LogP contribution in [-0.2, 0) is 28.4 Å². The van der Waals surface area contributed by atoms with Crippen molar-refractivity contribution in [2.75, 3.05) is 39.6 Å². The molecule has 0 N–H and O–H groups in total. The summed E-state index contributed by atoms with van der Waals surface area (Å²) in [6, 6.07) is 15.8. The minimum absolute atomic E-state index is 0.00650. The molecular weight excluding hydrogens is 532 g/mol. The third-order valence-corrected chi connectivity index (χ3v) is 8.01. The molecule has 4 unspecified atom stereocenters. The predicted octanol–water partition coefficient (Wildman–Crippen LogP) is 6.33. The number of rotatable bonds is 10. The van der Waals surface area contributed by atoms with Gasteiger partial charge in [0.05, 0.1) is 13.2 Å². The molecule has 0 fully saturated rings. The summed E-state index contributed by atoms with van der Waals surface area (Å²) in [5.41, 5.74) is 3.60. The van der Waals surface area contributed by atoms with E-state index in [0.717, 1.165) is 47.0 Å². The van der Waals surface area contributed by atoms with Gasteiger partial charge < -0.3 is 28.4 Å². The van der Waals surface area contributed by atoms with E-state index in [2.05, 4.69) is 12.2 Å². The number of ketones is 1. The quantitative estimate of drug-likeness (QED) is 0.309. The van der Waals surface area contributed by atoms with Gasteiger partial charge in [0.1, 0.15) is 24.7 Å². The second-order valence-corrected chi connectivity index (χ2v) is 10.9. The van der Waals surface area contributed by atoms with Crippen LogP contribution in [0.5, 0.6) is 0 Å². The van der Waals surface area contributed by atoms with Crippen molar-refractivity contribution in [2.24, 2.45) is 0 Å². The van der Waals surface area contributed by atoms with E-state index < -0.39 is 0 Å². The van der Waals surface area contributed by atoms with Crippen LogP contribution in [0.1, 0.15) is 65.6 Å². The van der Waals surface area contributed by atoms with E-state index in [1.807, 2.05) is 74.5 Å². The first-order valence-electron chi connectivity index (χ1n) is 14.9. The molecular formula is C35H38O7. The van der Waals surface area contributed by atoms with Gasteiger partial charge in [-0.3, -0.25) is 4.79 Å². The molecule has 6 rings (SSSR count). The molecule has 0 radical (unpaired) electrons. The van der Waals surface area contributed by atoms with Gasteiger partial charge in [-0.1, -0.05) is 60.7 Å². The molecule has 0 saturated carbocycles. The minimum atomic E-state index is -0.0847. The van der Waals surface area contributed by atoms with Crippen molar-refractivity contribution < 1.29 is 33.2 Å². The van der Waals surface area contributed by atoms with Crippen LogP contribution in [0.4, 0.5) is 0 Å². The lowest BCUT2D eigenvalue weighted by Gasteiger charge is -2.31. The lowest BCUT2D eigenvalue weighted by atomic mass is 9.88. The van der Waals surface area contributed by atoms with Gasteiger partial charge in [-0.15, -0.1) is 0 Å².